The molecule has 1 saturated heterocycles. The number of primary amides is 1. The fourth-order valence-electron chi connectivity index (χ4n) is 2.30. The minimum absolute atomic E-state index is 0.0625. The zero-order chi connectivity index (χ0) is 14.0. The monoisotopic (exact) mass is 302 g/mol. The Bertz CT molecular complexity index is 494. The maximum Gasteiger partial charge on any atom is 0.221 e. The third-order valence-electron chi connectivity index (χ3n) is 3.39. The van der Waals surface area contributed by atoms with Gasteiger partial charge in [0.05, 0.1) is 18.1 Å². The smallest absolute Gasteiger partial charge is 0.221 e. The van der Waals surface area contributed by atoms with Crippen LogP contribution in [0.4, 0.5) is 0 Å². The molecule has 6 heteroatoms. The van der Waals surface area contributed by atoms with E-state index in [9.17, 15) is 4.79 Å². The second kappa shape index (κ2) is 5.99. The van der Waals surface area contributed by atoms with Crippen molar-refractivity contribution in [1.82, 2.24) is 4.90 Å². The largest absolute Gasteiger partial charge is 0.495 e. The first-order chi connectivity index (χ1) is 9.01. The van der Waals surface area contributed by atoms with E-state index in [4.69, 9.17) is 33.7 Å². The third-order valence-corrected chi connectivity index (χ3v) is 4.04. The van der Waals surface area contributed by atoms with Crippen LogP contribution in [0.1, 0.15) is 12.0 Å². The Balaban J connectivity index is 2.08. The van der Waals surface area contributed by atoms with E-state index in [2.05, 4.69) is 4.90 Å². The number of methoxy groups -OCH3 is 1. The van der Waals surface area contributed by atoms with E-state index in [1.165, 1.54) is 0 Å². The lowest BCUT2D eigenvalue weighted by Crippen LogP contribution is -2.27. The Morgan fingerprint density at radius 3 is 2.79 bits per heavy atom. The van der Waals surface area contributed by atoms with Crippen LogP contribution in [0, 0.1) is 5.92 Å². The average Bonchev–Trinajstić information content (AvgIpc) is 2.82. The molecule has 1 aliphatic heterocycles. The molecule has 2 rings (SSSR count). The fourth-order valence-corrected chi connectivity index (χ4v) is 2.77. The lowest BCUT2D eigenvalue weighted by molar-refractivity contribution is -0.121. The number of hydrogen-bond donors (Lipinski definition) is 1. The van der Waals surface area contributed by atoms with Crippen molar-refractivity contribution in [3.63, 3.8) is 0 Å². The van der Waals surface area contributed by atoms with Gasteiger partial charge in [0.2, 0.25) is 5.91 Å². The molecule has 1 amide bonds. The molecular weight excluding hydrogens is 287 g/mol. The minimum Gasteiger partial charge on any atom is -0.495 e. The van der Waals surface area contributed by atoms with Crippen molar-refractivity contribution in [2.75, 3.05) is 20.2 Å². The van der Waals surface area contributed by atoms with Crippen LogP contribution in [0.25, 0.3) is 0 Å². The molecule has 0 aliphatic carbocycles. The van der Waals surface area contributed by atoms with Crippen LogP contribution in [0.15, 0.2) is 12.1 Å². The number of carbonyl (C=O) groups excluding carboxylic acids is 1. The van der Waals surface area contributed by atoms with E-state index < -0.39 is 0 Å². The molecule has 19 heavy (non-hydrogen) atoms. The molecular formula is C13H16Cl2N2O2. The molecule has 0 spiro atoms. The van der Waals surface area contributed by atoms with E-state index in [0.29, 0.717) is 28.9 Å². The Labute approximate surface area is 122 Å². The van der Waals surface area contributed by atoms with Crippen molar-refractivity contribution < 1.29 is 9.53 Å². The summed E-state index contributed by atoms with van der Waals surface area (Å²) in [5.41, 5.74) is 6.24. The summed E-state index contributed by atoms with van der Waals surface area (Å²) in [4.78, 5) is 13.3. The summed E-state index contributed by atoms with van der Waals surface area (Å²) >= 11 is 12.3. The summed E-state index contributed by atoms with van der Waals surface area (Å²) in [5, 5.41) is 1.15. The average molecular weight is 303 g/mol. The summed E-state index contributed by atoms with van der Waals surface area (Å²) < 4.78 is 5.11. The zero-order valence-electron chi connectivity index (χ0n) is 10.7. The molecule has 1 aromatic rings. The van der Waals surface area contributed by atoms with E-state index in [1.807, 2.05) is 0 Å². The first kappa shape index (κ1) is 14.4. The van der Waals surface area contributed by atoms with Gasteiger partial charge in [-0.15, -0.1) is 0 Å². The number of amides is 1. The van der Waals surface area contributed by atoms with Gasteiger partial charge in [0.25, 0.3) is 0 Å². The lowest BCUT2D eigenvalue weighted by Gasteiger charge is -2.17. The van der Waals surface area contributed by atoms with Crippen LogP contribution in [0.2, 0.25) is 10.0 Å². The predicted molar refractivity (Wildman–Crippen MR) is 75.6 cm³/mol. The molecule has 1 aliphatic rings. The van der Waals surface area contributed by atoms with E-state index in [-0.39, 0.29) is 11.8 Å². The van der Waals surface area contributed by atoms with Gasteiger partial charge in [-0.1, -0.05) is 23.2 Å². The summed E-state index contributed by atoms with van der Waals surface area (Å²) in [6.07, 6.45) is 0.802. The molecule has 4 nitrogen and oxygen atoms in total. The fraction of sp³-hybridized carbons (Fsp3) is 0.462. The summed E-state index contributed by atoms with van der Waals surface area (Å²) in [6.45, 7) is 2.18. The van der Waals surface area contributed by atoms with Gasteiger partial charge >= 0.3 is 0 Å². The maximum absolute atomic E-state index is 11.1. The van der Waals surface area contributed by atoms with Crippen LogP contribution in [0.5, 0.6) is 5.75 Å². The Hall–Kier alpha value is -0.970. The Morgan fingerprint density at radius 1 is 1.47 bits per heavy atom. The first-order valence-corrected chi connectivity index (χ1v) is 6.80. The van der Waals surface area contributed by atoms with Gasteiger partial charge < -0.3 is 10.5 Å². The van der Waals surface area contributed by atoms with Crippen LogP contribution in [0.3, 0.4) is 0 Å². The first-order valence-electron chi connectivity index (χ1n) is 6.05. The molecule has 1 fully saturated rings. The van der Waals surface area contributed by atoms with Gasteiger partial charge in [-0.3, -0.25) is 9.69 Å². The van der Waals surface area contributed by atoms with E-state index >= 15 is 0 Å². The standard InChI is InChI=1S/C13H16Cl2N2O2/c1-19-12-5-10(14)9(4-11(12)15)7-17-3-2-8(6-17)13(16)18/h4-5,8H,2-3,6-7H2,1H3,(H2,16,18)/t8-/m0/s1. The van der Waals surface area contributed by atoms with E-state index in [0.717, 1.165) is 18.5 Å². The summed E-state index contributed by atoms with van der Waals surface area (Å²) in [6, 6.07) is 3.52. The van der Waals surface area contributed by atoms with Gasteiger partial charge in [0, 0.05) is 24.2 Å². The Kier molecular flexibility index (Phi) is 4.55. The van der Waals surface area contributed by atoms with Crippen molar-refractivity contribution in [3.8, 4) is 5.75 Å². The van der Waals surface area contributed by atoms with E-state index in [1.54, 1.807) is 19.2 Å². The molecule has 1 heterocycles. The van der Waals surface area contributed by atoms with Crippen molar-refractivity contribution in [2.24, 2.45) is 11.7 Å². The van der Waals surface area contributed by atoms with Gasteiger partial charge in [-0.2, -0.15) is 0 Å². The minimum atomic E-state index is -0.235. The molecule has 1 aromatic carbocycles. The van der Waals surface area contributed by atoms with Crippen molar-refractivity contribution in [2.45, 2.75) is 13.0 Å². The lowest BCUT2D eigenvalue weighted by atomic mass is 10.1. The number of nitrogens with two attached hydrogens (primary N) is 1. The van der Waals surface area contributed by atoms with Crippen LogP contribution in [-0.4, -0.2) is 31.0 Å². The predicted octanol–water partition coefficient (Wildman–Crippen LogP) is 2.31. The number of carbonyl (C=O) groups is 1. The maximum atomic E-state index is 11.1. The molecule has 2 N–H and O–H groups in total. The number of nitrogens with zero attached hydrogens (tertiary/aromatic N) is 1. The molecule has 104 valence electrons. The number of halogens is 2. The summed E-state index contributed by atoms with van der Waals surface area (Å²) in [7, 11) is 1.55. The topological polar surface area (TPSA) is 55.6 Å². The Morgan fingerprint density at radius 2 is 2.21 bits per heavy atom. The molecule has 0 radical (unpaired) electrons. The number of hydrogen-bond acceptors (Lipinski definition) is 3. The van der Waals surface area contributed by atoms with Crippen LogP contribution < -0.4 is 10.5 Å². The van der Waals surface area contributed by atoms with Gasteiger partial charge in [-0.05, 0) is 24.6 Å². The van der Waals surface area contributed by atoms with Crippen LogP contribution >= 0.6 is 23.2 Å². The molecule has 0 saturated carbocycles. The van der Waals surface area contributed by atoms with Crippen molar-refractivity contribution >= 4 is 29.1 Å². The number of benzene rings is 1. The summed E-state index contributed by atoms with van der Waals surface area (Å²) in [5.74, 6) is 0.265. The highest BCUT2D eigenvalue weighted by Crippen LogP contribution is 2.32. The van der Waals surface area contributed by atoms with Gasteiger partial charge in [0.15, 0.2) is 0 Å². The SMILES string of the molecule is COc1cc(Cl)c(CN2CC[C@H](C(N)=O)C2)cc1Cl. The highest BCUT2D eigenvalue weighted by Gasteiger charge is 2.26. The highest BCUT2D eigenvalue weighted by atomic mass is 35.5. The molecule has 1 atom stereocenters. The third kappa shape index (κ3) is 3.32. The van der Waals surface area contributed by atoms with Gasteiger partial charge in [0.1, 0.15) is 5.75 Å². The van der Waals surface area contributed by atoms with Crippen molar-refractivity contribution in [1.29, 1.82) is 0 Å². The number of rotatable bonds is 4. The molecule has 0 aromatic heterocycles. The zero-order valence-corrected chi connectivity index (χ0v) is 12.2. The quantitative estimate of drug-likeness (QED) is 0.928. The van der Waals surface area contributed by atoms with Crippen LogP contribution in [-0.2, 0) is 11.3 Å². The normalized spacial score (nSPS) is 19.6. The van der Waals surface area contributed by atoms with Crippen molar-refractivity contribution in [3.05, 3.63) is 27.7 Å². The second-order valence-electron chi connectivity index (χ2n) is 4.70. The number of likely N-dealkylation sites (tertiary alicyclic amines) is 1. The molecule has 0 bridgehead atoms. The highest BCUT2D eigenvalue weighted by molar-refractivity contribution is 6.34. The number of ether oxygens (including phenoxy) is 1. The van der Waals surface area contributed by atoms with Gasteiger partial charge in [-0.25, -0.2) is 0 Å². The second-order valence-corrected chi connectivity index (χ2v) is 5.52. The molecule has 0 unspecified atom stereocenters.